The van der Waals surface area contributed by atoms with E-state index in [9.17, 15) is 9.18 Å². The van der Waals surface area contributed by atoms with E-state index in [2.05, 4.69) is 15.5 Å². The molecule has 1 saturated carbocycles. The highest BCUT2D eigenvalue weighted by molar-refractivity contribution is 8.00. The first-order valence-electron chi connectivity index (χ1n) is 9.97. The van der Waals surface area contributed by atoms with Gasteiger partial charge in [-0.1, -0.05) is 23.9 Å². The van der Waals surface area contributed by atoms with Gasteiger partial charge in [0, 0.05) is 11.7 Å². The summed E-state index contributed by atoms with van der Waals surface area (Å²) in [5.74, 6) is 0.806. The van der Waals surface area contributed by atoms with Crippen molar-refractivity contribution in [3.05, 3.63) is 54.3 Å². The summed E-state index contributed by atoms with van der Waals surface area (Å²) in [5.41, 5.74) is 1.13. The van der Waals surface area contributed by atoms with Gasteiger partial charge in [-0.15, -0.1) is 10.2 Å². The largest absolute Gasteiger partial charge is 0.494 e. The number of benzene rings is 2. The highest BCUT2D eigenvalue weighted by atomic mass is 32.2. The van der Waals surface area contributed by atoms with Crippen LogP contribution in [0, 0.1) is 5.82 Å². The number of ether oxygens (including phenoxy) is 1. The smallest absolute Gasteiger partial charge is 0.237 e. The summed E-state index contributed by atoms with van der Waals surface area (Å²) in [6.45, 7) is 4.34. The van der Waals surface area contributed by atoms with Crippen molar-refractivity contribution >= 4 is 23.4 Å². The molecule has 0 radical (unpaired) electrons. The Bertz CT molecular complexity index is 1030. The van der Waals surface area contributed by atoms with Gasteiger partial charge in [0.05, 0.1) is 17.4 Å². The highest BCUT2D eigenvalue weighted by Crippen LogP contribution is 2.42. The number of anilines is 1. The molecule has 156 valence electrons. The van der Waals surface area contributed by atoms with Gasteiger partial charge in [0.25, 0.3) is 0 Å². The van der Waals surface area contributed by atoms with Crippen LogP contribution in [0.2, 0.25) is 0 Å². The first-order chi connectivity index (χ1) is 14.6. The average Bonchev–Trinajstić information content (AvgIpc) is 3.50. The summed E-state index contributed by atoms with van der Waals surface area (Å²) in [5, 5.41) is 11.7. The molecule has 8 heteroatoms. The molecule has 1 aliphatic carbocycles. The predicted molar refractivity (Wildman–Crippen MR) is 115 cm³/mol. The van der Waals surface area contributed by atoms with Crippen LogP contribution < -0.4 is 10.1 Å². The minimum atomic E-state index is -0.397. The molecule has 2 aromatic carbocycles. The molecular weight excluding hydrogens is 403 g/mol. The van der Waals surface area contributed by atoms with E-state index in [1.807, 2.05) is 42.7 Å². The zero-order chi connectivity index (χ0) is 21.1. The molecule has 1 heterocycles. The zero-order valence-corrected chi connectivity index (χ0v) is 17.7. The number of thioether (sulfide) groups is 1. The molecule has 1 atom stereocenters. The SMILES string of the molecule is CCOc1ccc(NC(=O)C(C)Sc2nnc(-c3ccccc3F)n2C2CC2)cc1. The second kappa shape index (κ2) is 8.87. The molecule has 4 rings (SSSR count). The third-order valence-electron chi connectivity index (χ3n) is 4.78. The Morgan fingerprint density at radius 1 is 1.23 bits per heavy atom. The van der Waals surface area contributed by atoms with Crippen LogP contribution in [0.4, 0.5) is 10.1 Å². The lowest BCUT2D eigenvalue weighted by Gasteiger charge is -2.14. The minimum Gasteiger partial charge on any atom is -0.494 e. The summed E-state index contributed by atoms with van der Waals surface area (Å²) in [7, 11) is 0. The fraction of sp³-hybridized carbons (Fsp3) is 0.318. The van der Waals surface area contributed by atoms with E-state index in [4.69, 9.17) is 4.74 Å². The number of aromatic nitrogens is 3. The topological polar surface area (TPSA) is 69.0 Å². The van der Waals surface area contributed by atoms with Crippen LogP contribution in [0.5, 0.6) is 5.75 Å². The lowest BCUT2D eigenvalue weighted by Crippen LogP contribution is -2.23. The number of amides is 1. The first kappa shape index (κ1) is 20.4. The maximum Gasteiger partial charge on any atom is 0.237 e. The number of carbonyl (C=O) groups excluding carboxylic acids is 1. The van der Waals surface area contributed by atoms with Crippen molar-refractivity contribution in [2.24, 2.45) is 0 Å². The molecule has 30 heavy (non-hydrogen) atoms. The third kappa shape index (κ3) is 4.48. The molecule has 1 aromatic heterocycles. The van der Waals surface area contributed by atoms with Crippen molar-refractivity contribution in [2.75, 3.05) is 11.9 Å². The van der Waals surface area contributed by atoms with Crippen molar-refractivity contribution in [1.82, 2.24) is 14.8 Å². The van der Waals surface area contributed by atoms with Crippen molar-refractivity contribution in [1.29, 1.82) is 0 Å². The molecule has 0 saturated heterocycles. The maximum absolute atomic E-state index is 14.3. The number of carbonyl (C=O) groups is 1. The second-order valence-corrected chi connectivity index (χ2v) is 8.40. The van der Waals surface area contributed by atoms with Crippen molar-refractivity contribution < 1.29 is 13.9 Å². The van der Waals surface area contributed by atoms with E-state index in [-0.39, 0.29) is 17.8 Å². The number of rotatable bonds is 8. The number of hydrogen-bond acceptors (Lipinski definition) is 5. The third-order valence-corrected chi connectivity index (χ3v) is 5.83. The molecule has 3 aromatic rings. The highest BCUT2D eigenvalue weighted by Gasteiger charge is 2.32. The van der Waals surface area contributed by atoms with Gasteiger partial charge in [0.1, 0.15) is 11.6 Å². The molecule has 1 amide bonds. The number of halogens is 1. The van der Waals surface area contributed by atoms with E-state index in [0.29, 0.717) is 28.8 Å². The predicted octanol–water partition coefficient (Wildman–Crippen LogP) is 4.94. The van der Waals surface area contributed by atoms with E-state index in [0.717, 1.165) is 18.6 Å². The van der Waals surface area contributed by atoms with Crippen LogP contribution in [0.25, 0.3) is 11.4 Å². The Hall–Kier alpha value is -2.87. The van der Waals surface area contributed by atoms with Gasteiger partial charge < -0.3 is 10.1 Å². The second-order valence-electron chi connectivity index (χ2n) is 7.09. The van der Waals surface area contributed by atoms with Crippen molar-refractivity contribution in [3.63, 3.8) is 0 Å². The Balaban J connectivity index is 1.48. The van der Waals surface area contributed by atoms with Gasteiger partial charge in [-0.25, -0.2) is 4.39 Å². The van der Waals surface area contributed by atoms with Crippen molar-refractivity contribution in [3.8, 4) is 17.1 Å². The monoisotopic (exact) mass is 426 g/mol. The van der Waals surface area contributed by atoms with Crippen LogP contribution in [0.15, 0.2) is 53.7 Å². The van der Waals surface area contributed by atoms with Crippen LogP contribution >= 0.6 is 11.8 Å². The molecule has 0 spiro atoms. The van der Waals surface area contributed by atoms with E-state index in [1.165, 1.54) is 17.8 Å². The van der Waals surface area contributed by atoms with Crippen molar-refractivity contribution in [2.45, 2.75) is 43.1 Å². The van der Waals surface area contributed by atoms with E-state index in [1.54, 1.807) is 18.2 Å². The molecular formula is C22H23FN4O2S. The quantitative estimate of drug-likeness (QED) is 0.517. The van der Waals surface area contributed by atoms with Crippen LogP contribution in [0.1, 0.15) is 32.7 Å². The first-order valence-corrected chi connectivity index (χ1v) is 10.8. The van der Waals surface area contributed by atoms with E-state index >= 15 is 0 Å². The van der Waals surface area contributed by atoms with E-state index < -0.39 is 5.25 Å². The Morgan fingerprint density at radius 2 is 1.97 bits per heavy atom. The van der Waals surface area contributed by atoms with Crippen LogP contribution in [0.3, 0.4) is 0 Å². The van der Waals surface area contributed by atoms with Crippen LogP contribution in [-0.2, 0) is 4.79 Å². The number of hydrogen-bond donors (Lipinski definition) is 1. The molecule has 1 fully saturated rings. The number of nitrogens with one attached hydrogen (secondary N) is 1. The van der Waals surface area contributed by atoms with Gasteiger partial charge in [-0.2, -0.15) is 0 Å². The lowest BCUT2D eigenvalue weighted by molar-refractivity contribution is -0.115. The standard InChI is InChI=1S/C22H23FN4O2S/c1-3-29-17-12-8-15(9-13-17)24-21(28)14(2)30-22-26-25-20(27(22)16-10-11-16)18-6-4-5-7-19(18)23/h4-9,12-14,16H,3,10-11H2,1-2H3,(H,24,28). The molecule has 1 aliphatic rings. The van der Waals surface area contributed by atoms with Crippen LogP contribution in [-0.4, -0.2) is 32.5 Å². The fourth-order valence-electron chi connectivity index (χ4n) is 3.10. The van der Waals surface area contributed by atoms with Gasteiger partial charge in [0.2, 0.25) is 5.91 Å². The fourth-order valence-corrected chi connectivity index (χ4v) is 4.02. The summed E-state index contributed by atoms with van der Waals surface area (Å²) in [6, 6.07) is 14.1. The Labute approximate surface area is 178 Å². The van der Waals surface area contributed by atoms with Gasteiger partial charge in [0.15, 0.2) is 11.0 Å². The summed E-state index contributed by atoms with van der Waals surface area (Å²) in [4.78, 5) is 12.7. The zero-order valence-electron chi connectivity index (χ0n) is 16.8. The Kier molecular flexibility index (Phi) is 6.03. The van der Waals surface area contributed by atoms with Gasteiger partial charge in [-0.05, 0) is 63.1 Å². The lowest BCUT2D eigenvalue weighted by atomic mass is 10.2. The molecule has 1 N–H and O–H groups in total. The maximum atomic E-state index is 14.3. The Morgan fingerprint density at radius 3 is 2.63 bits per heavy atom. The van der Waals surface area contributed by atoms with Gasteiger partial charge in [-0.3, -0.25) is 9.36 Å². The number of nitrogens with zero attached hydrogens (tertiary/aromatic N) is 3. The molecule has 0 aliphatic heterocycles. The normalized spacial score (nSPS) is 14.4. The molecule has 1 unspecified atom stereocenters. The summed E-state index contributed by atoms with van der Waals surface area (Å²) >= 11 is 1.33. The minimum absolute atomic E-state index is 0.137. The molecule has 0 bridgehead atoms. The van der Waals surface area contributed by atoms with Gasteiger partial charge >= 0.3 is 0 Å². The summed E-state index contributed by atoms with van der Waals surface area (Å²) in [6.07, 6.45) is 2.00. The molecule has 6 nitrogen and oxygen atoms in total. The summed E-state index contributed by atoms with van der Waals surface area (Å²) < 4.78 is 21.7. The average molecular weight is 427 g/mol.